The highest BCUT2D eigenvalue weighted by atomic mass is 79.9. The van der Waals surface area contributed by atoms with Crippen LogP contribution in [0.4, 0.5) is 0 Å². The summed E-state index contributed by atoms with van der Waals surface area (Å²) in [7, 11) is 0. The zero-order valence-electron chi connectivity index (χ0n) is 11.0. The first-order valence-electron chi connectivity index (χ1n) is 6.47. The molecule has 0 atom stereocenters. The standard InChI is InChI=1S/C16H16BrNO2/c17-14-7-4-6-13(12-14)16(19)18-10-5-11-20-15-8-2-1-3-9-15/h1-4,6-9,12H,5,10-11H2,(H,18,19). The lowest BCUT2D eigenvalue weighted by Gasteiger charge is -2.07. The Balaban J connectivity index is 1.67. The van der Waals surface area contributed by atoms with Crippen molar-refractivity contribution in [2.75, 3.05) is 13.2 Å². The summed E-state index contributed by atoms with van der Waals surface area (Å²) in [5.74, 6) is 0.789. The second kappa shape index (κ2) is 7.70. The van der Waals surface area contributed by atoms with Gasteiger partial charge in [0.2, 0.25) is 0 Å². The predicted molar refractivity (Wildman–Crippen MR) is 83.0 cm³/mol. The van der Waals surface area contributed by atoms with Gasteiger partial charge in [-0.25, -0.2) is 0 Å². The van der Waals surface area contributed by atoms with Crippen LogP contribution in [0.1, 0.15) is 16.8 Å². The van der Waals surface area contributed by atoms with Gasteiger partial charge in [-0.05, 0) is 36.8 Å². The molecule has 0 heterocycles. The maximum atomic E-state index is 11.9. The van der Waals surface area contributed by atoms with Crippen LogP contribution < -0.4 is 10.1 Å². The Labute approximate surface area is 127 Å². The molecule has 0 bridgehead atoms. The van der Waals surface area contributed by atoms with Crippen molar-refractivity contribution in [3.05, 3.63) is 64.6 Å². The molecule has 0 aliphatic carbocycles. The second-order valence-electron chi connectivity index (χ2n) is 4.28. The van der Waals surface area contributed by atoms with E-state index in [1.807, 2.05) is 42.5 Å². The van der Waals surface area contributed by atoms with Crippen molar-refractivity contribution in [1.29, 1.82) is 0 Å². The van der Waals surface area contributed by atoms with E-state index in [-0.39, 0.29) is 5.91 Å². The van der Waals surface area contributed by atoms with E-state index < -0.39 is 0 Å². The van der Waals surface area contributed by atoms with Gasteiger partial charge in [-0.3, -0.25) is 4.79 Å². The Morgan fingerprint density at radius 3 is 2.65 bits per heavy atom. The maximum Gasteiger partial charge on any atom is 0.251 e. The molecular weight excluding hydrogens is 318 g/mol. The molecular formula is C16H16BrNO2. The average Bonchev–Trinajstić information content (AvgIpc) is 2.48. The van der Waals surface area contributed by atoms with Crippen LogP contribution in [0.3, 0.4) is 0 Å². The molecule has 0 aliphatic rings. The number of amides is 1. The molecule has 0 spiro atoms. The van der Waals surface area contributed by atoms with Gasteiger partial charge < -0.3 is 10.1 Å². The van der Waals surface area contributed by atoms with Crippen LogP contribution in [0.2, 0.25) is 0 Å². The zero-order valence-corrected chi connectivity index (χ0v) is 12.6. The van der Waals surface area contributed by atoms with Gasteiger partial charge in [-0.1, -0.05) is 40.2 Å². The molecule has 20 heavy (non-hydrogen) atoms. The number of carbonyl (C=O) groups excluding carboxylic acids is 1. The third kappa shape index (κ3) is 4.70. The van der Waals surface area contributed by atoms with Gasteiger partial charge in [0.05, 0.1) is 6.61 Å². The first kappa shape index (κ1) is 14.6. The second-order valence-corrected chi connectivity index (χ2v) is 5.20. The van der Waals surface area contributed by atoms with E-state index >= 15 is 0 Å². The minimum Gasteiger partial charge on any atom is -0.494 e. The highest BCUT2D eigenvalue weighted by Gasteiger charge is 2.04. The number of ether oxygens (including phenoxy) is 1. The average molecular weight is 334 g/mol. The van der Waals surface area contributed by atoms with E-state index in [1.165, 1.54) is 0 Å². The molecule has 2 aromatic carbocycles. The summed E-state index contributed by atoms with van der Waals surface area (Å²) in [5.41, 5.74) is 0.656. The fourth-order valence-electron chi connectivity index (χ4n) is 1.71. The van der Waals surface area contributed by atoms with Crippen LogP contribution >= 0.6 is 15.9 Å². The highest BCUT2D eigenvalue weighted by molar-refractivity contribution is 9.10. The highest BCUT2D eigenvalue weighted by Crippen LogP contribution is 2.11. The first-order valence-corrected chi connectivity index (χ1v) is 7.26. The summed E-state index contributed by atoms with van der Waals surface area (Å²) >= 11 is 3.35. The van der Waals surface area contributed by atoms with Crippen molar-refractivity contribution < 1.29 is 9.53 Å². The third-order valence-corrected chi connectivity index (χ3v) is 3.20. The number of carbonyl (C=O) groups is 1. The number of hydrogen-bond acceptors (Lipinski definition) is 2. The number of halogens is 1. The SMILES string of the molecule is O=C(NCCCOc1ccccc1)c1cccc(Br)c1. The van der Waals surface area contributed by atoms with Gasteiger partial charge in [0, 0.05) is 16.6 Å². The molecule has 2 aromatic rings. The van der Waals surface area contributed by atoms with Crippen LogP contribution in [-0.2, 0) is 0 Å². The minimum atomic E-state index is -0.0639. The molecule has 0 fully saturated rings. The van der Waals surface area contributed by atoms with E-state index in [0.29, 0.717) is 18.7 Å². The lowest BCUT2D eigenvalue weighted by atomic mass is 10.2. The number of rotatable bonds is 6. The number of hydrogen-bond donors (Lipinski definition) is 1. The summed E-state index contributed by atoms with van der Waals surface area (Å²) in [5, 5.41) is 2.87. The van der Waals surface area contributed by atoms with Crippen molar-refractivity contribution in [3.63, 3.8) is 0 Å². The molecule has 0 radical (unpaired) electrons. The molecule has 0 aromatic heterocycles. The van der Waals surface area contributed by atoms with Crippen molar-refractivity contribution in [1.82, 2.24) is 5.32 Å². The van der Waals surface area contributed by atoms with Crippen molar-refractivity contribution in [2.24, 2.45) is 0 Å². The molecule has 1 N–H and O–H groups in total. The quantitative estimate of drug-likeness (QED) is 0.819. The summed E-state index contributed by atoms with van der Waals surface area (Å²) in [6, 6.07) is 17.0. The number of benzene rings is 2. The minimum absolute atomic E-state index is 0.0639. The molecule has 0 aliphatic heterocycles. The molecule has 4 heteroatoms. The van der Waals surface area contributed by atoms with E-state index in [4.69, 9.17) is 4.74 Å². The van der Waals surface area contributed by atoms with Crippen molar-refractivity contribution >= 4 is 21.8 Å². The lowest BCUT2D eigenvalue weighted by molar-refractivity contribution is 0.0951. The molecule has 0 saturated heterocycles. The predicted octanol–water partition coefficient (Wildman–Crippen LogP) is 3.65. The van der Waals surface area contributed by atoms with Crippen LogP contribution in [-0.4, -0.2) is 19.1 Å². The van der Waals surface area contributed by atoms with E-state index in [1.54, 1.807) is 12.1 Å². The van der Waals surface area contributed by atoms with Gasteiger partial charge in [-0.2, -0.15) is 0 Å². The van der Waals surface area contributed by atoms with Crippen LogP contribution in [0.25, 0.3) is 0 Å². The number of para-hydroxylation sites is 1. The molecule has 2 rings (SSSR count). The molecule has 104 valence electrons. The molecule has 0 unspecified atom stereocenters. The van der Waals surface area contributed by atoms with Gasteiger partial charge in [-0.15, -0.1) is 0 Å². The van der Waals surface area contributed by atoms with Crippen LogP contribution in [0.15, 0.2) is 59.1 Å². The Hall–Kier alpha value is -1.81. The normalized spacial score (nSPS) is 10.1. The topological polar surface area (TPSA) is 38.3 Å². The van der Waals surface area contributed by atoms with E-state index in [0.717, 1.165) is 16.6 Å². The number of nitrogens with one attached hydrogen (secondary N) is 1. The Morgan fingerprint density at radius 1 is 1.10 bits per heavy atom. The summed E-state index contributed by atoms with van der Waals surface area (Å²) in [6.07, 6.45) is 0.772. The third-order valence-electron chi connectivity index (χ3n) is 2.71. The van der Waals surface area contributed by atoms with Crippen LogP contribution in [0.5, 0.6) is 5.75 Å². The van der Waals surface area contributed by atoms with Gasteiger partial charge in [0.15, 0.2) is 0 Å². The van der Waals surface area contributed by atoms with Crippen molar-refractivity contribution in [2.45, 2.75) is 6.42 Å². The molecule has 0 saturated carbocycles. The molecule has 1 amide bonds. The lowest BCUT2D eigenvalue weighted by Crippen LogP contribution is -2.25. The summed E-state index contributed by atoms with van der Waals surface area (Å²) < 4.78 is 6.45. The van der Waals surface area contributed by atoms with Gasteiger partial charge in [0.1, 0.15) is 5.75 Å². The largest absolute Gasteiger partial charge is 0.494 e. The summed E-state index contributed by atoms with van der Waals surface area (Å²) in [4.78, 5) is 11.9. The Morgan fingerprint density at radius 2 is 1.90 bits per heavy atom. The smallest absolute Gasteiger partial charge is 0.251 e. The summed E-state index contributed by atoms with van der Waals surface area (Å²) in [6.45, 7) is 1.18. The maximum absolute atomic E-state index is 11.9. The monoisotopic (exact) mass is 333 g/mol. The Bertz CT molecular complexity index is 557. The van der Waals surface area contributed by atoms with Gasteiger partial charge in [0.25, 0.3) is 5.91 Å². The van der Waals surface area contributed by atoms with Crippen molar-refractivity contribution in [3.8, 4) is 5.75 Å². The zero-order chi connectivity index (χ0) is 14.2. The van der Waals surface area contributed by atoms with E-state index in [2.05, 4.69) is 21.2 Å². The van der Waals surface area contributed by atoms with Crippen LogP contribution in [0, 0.1) is 0 Å². The Kier molecular flexibility index (Phi) is 5.62. The fraction of sp³-hybridized carbons (Fsp3) is 0.188. The molecule has 3 nitrogen and oxygen atoms in total. The first-order chi connectivity index (χ1) is 9.75. The van der Waals surface area contributed by atoms with Gasteiger partial charge >= 0.3 is 0 Å². The fourth-order valence-corrected chi connectivity index (χ4v) is 2.11. The van der Waals surface area contributed by atoms with E-state index in [9.17, 15) is 4.79 Å².